The van der Waals surface area contributed by atoms with Gasteiger partial charge in [0.05, 0.1) is 0 Å². The van der Waals surface area contributed by atoms with E-state index in [1.54, 1.807) is 0 Å². The molecule has 1 unspecified atom stereocenters. The molecule has 1 saturated heterocycles. The van der Waals surface area contributed by atoms with Gasteiger partial charge in [0.25, 0.3) is 0 Å². The Morgan fingerprint density at radius 2 is 2.44 bits per heavy atom. The van der Waals surface area contributed by atoms with E-state index in [1.807, 2.05) is 0 Å². The van der Waals surface area contributed by atoms with Crippen molar-refractivity contribution in [1.82, 2.24) is 0 Å². The fourth-order valence-electron chi connectivity index (χ4n) is 0.913. The Morgan fingerprint density at radius 3 is 3.00 bits per heavy atom. The van der Waals surface area contributed by atoms with Crippen LogP contribution in [0.25, 0.3) is 0 Å². The molecule has 3 heteroatoms. The fourth-order valence-corrected chi connectivity index (χ4v) is 1.31. The van der Waals surface area contributed by atoms with Crippen molar-refractivity contribution in [3.05, 3.63) is 0 Å². The SMILES string of the molecule is ICOC1CCCCO1. The highest BCUT2D eigenvalue weighted by Gasteiger charge is 2.12. The molecule has 0 bridgehead atoms. The molecule has 0 spiro atoms. The van der Waals surface area contributed by atoms with Gasteiger partial charge in [-0.1, -0.05) is 22.6 Å². The Labute approximate surface area is 69.0 Å². The Kier molecular flexibility index (Phi) is 3.85. The molecule has 1 rings (SSSR count). The molecule has 1 heterocycles. The molecule has 0 aromatic rings. The summed E-state index contributed by atoms with van der Waals surface area (Å²) in [7, 11) is 0. The van der Waals surface area contributed by atoms with Gasteiger partial charge in [-0.2, -0.15) is 0 Å². The highest BCUT2D eigenvalue weighted by molar-refractivity contribution is 14.1. The van der Waals surface area contributed by atoms with Crippen LogP contribution >= 0.6 is 22.6 Å². The molecule has 1 aliphatic heterocycles. The molecule has 1 fully saturated rings. The highest BCUT2D eigenvalue weighted by atomic mass is 127. The van der Waals surface area contributed by atoms with E-state index >= 15 is 0 Å². The number of hydrogen-bond donors (Lipinski definition) is 0. The molecule has 54 valence electrons. The van der Waals surface area contributed by atoms with Crippen LogP contribution in [0.3, 0.4) is 0 Å². The lowest BCUT2D eigenvalue weighted by atomic mass is 10.2. The molecule has 0 radical (unpaired) electrons. The average molecular weight is 242 g/mol. The first-order valence-electron chi connectivity index (χ1n) is 3.22. The summed E-state index contributed by atoms with van der Waals surface area (Å²) in [6.07, 6.45) is 3.61. The number of ether oxygens (including phenoxy) is 2. The molecule has 1 aliphatic rings. The van der Waals surface area contributed by atoms with Gasteiger partial charge >= 0.3 is 0 Å². The Bertz CT molecular complexity index is 68.7. The number of halogens is 1. The number of alkyl halides is 1. The summed E-state index contributed by atoms with van der Waals surface area (Å²) in [4.78, 5) is 0. The lowest BCUT2D eigenvalue weighted by molar-refractivity contribution is -0.147. The van der Waals surface area contributed by atoms with Crippen molar-refractivity contribution in [3.8, 4) is 0 Å². The number of rotatable bonds is 2. The van der Waals surface area contributed by atoms with E-state index in [2.05, 4.69) is 22.6 Å². The van der Waals surface area contributed by atoms with Crippen molar-refractivity contribution in [1.29, 1.82) is 0 Å². The van der Waals surface area contributed by atoms with E-state index in [-0.39, 0.29) is 6.29 Å². The predicted octanol–water partition coefficient (Wildman–Crippen LogP) is 1.92. The van der Waals surface area contributed by atoms with Gasteiger partial charge < -0.3 is 9.47 Å². The minimum absolute atomic E-state index is 0.0932. The van der Waals surface area contributed by atoms with Crippen LogP contribution in [-0.2, 0) is 9.47 Å². The molecular formula is C6H11IO2. The van der Waals surface area contributed by atoms with E-state index in [9.17, 15) is 0 Å². The molecule has 0 aromatic heterocycles. The van der Waals surface area contributed by atoms with Crippen LogP contribution in [0.2, 0.25) is 0 Å². The van der Waals surface area contributed by atoms with Crippen molar-refractivity contribution in [2.24, 2.45) is 0 Å². The monoisotopic (exact) mass is 242 g/mol. The summed E-state index contributed by atoms with van der Waals surface area (Å²) in [5.74, 6) is 0. The average Bonchev–Trinajstić information content (AvgIpc) is 1.91. The maximum Gasteiger partial charge on any atom is 0.158 e. The Balaban J connectivity index is 2.08. The quantitative estimate of drug-likeness (QED) is 0.544. The van der Waals surface area contributed by atoms with Gasteiger partial charge in [-0.15, -0.1) is 0 Å². The zero-order valence-corrected chi connectivity index (χ0v) is 7.46. The molecule has 0 amide bonds. The van der Waals surface area contributed by atoms with E-state index in [0.29, 0.717) is 0 Å². The van der Waals surface area contributed by atoms with Crippen molar-refractivity contribution in [2.45, 2.75) is 25.6 Å². The molecule has 1 atom stereocenters. The second-order valence-electron chi connectivity index (χ2n) is 2.07. The fraction of sp³-hybridized carbons (Fsp3) is 1.00. The van der Waals surface area contributed by atoms with Crippen molar-refractivity contribution < 1.29 is 9.47 Å². The predicted molar refractivity (Wildman–Crippen MR) is 43.6 cm³/mol. The molecular weight excluding hydrogens is 231 g/mol. The molecule has 9 heavy (non-hydrogen) atoms. The van der Waals surface area contributed by atoms with E-state index in [0.717, 1.165) is 17.6 Å². The van der Waals surface area contributed by atoms with Crippen LogP contribution in [-0.4, -0.2) is 17.5 Å². The van der Waals surface area contributed by atoms with Crippen LogP contribution in [0.1, 0.15) is 19.3 Å². The van der Waals surface area contributed by atoms with Gasteiger partial charge in [-0.3, -0.25) is 0 Å². The molecule has 0 saturated carbocycles. The van der Waals surface area contributed by atoms with E-state index < -0.39 is 0 Å². The summed E-state index contributed by atoms with van der Waals surface area (Å²) in [5, 5.41) is 0. The summed E-state index contributed by atoms with van der Waals surface area (Å²) in [6.45, 7) is 0.876. The van der Waals surface area contributed by atoms with Crippen molar-refractivity contribution in [3.63, 3.8) is 0 Å². The van der Waals surface area contributed by atoms with Gasteiger partial charge in [-0.25, -0.2) is 0 Å². The highest BCUT2D eigenvalue weighted by Crippen LogP contribution is 2.13. The van der Waals surface area contributed by atoms with E-state index in [1.165, 1.54) is 12.8 Å². The van der Waals surface area contributed by atoms with Gasteiger partial charge in [-0.05, 0) is 19.3 Å². The van der Waals surface area contributed by atoms with Crippen LogP contribution < -0.4 is 0 Å². The summed E-state index contributed by atoms with van der Waals surface area (Å²) in [5.41, 5.74) is 0. The number of hydrogen-bond acceptors (Lipinski definition) is 2. The zero-order chi connectivity index (χ0) is 6.53. The van der Waals surface area contributed by atoms with Crippen LogP contribution in [0.4, 0.5) is 0 Å². The lowest BCUT2D eigenvalue weighted by Crippen LogP contribution is -2.21. The first kappa shape index (κ1) is 7.75. The summed E-state index contributed by atoms with van der Waals surface area (Å²) in [6, 6.07) is 0. The second kappa shape index (κ2) is 4.46. The van der Waals surface area contributed by atoms with Crippen LogP contribution in [0, 0.1) is 0 Å². The topological polar surface area (TPSA) is 18.5 Å². The van der Waals surface area contributed by atoms with E-state index in [4.69, 9.17) is 9.47 Å². The largest absolute Gasteiger partial charge is 0.353 e. The first-order valence-corrected chi connectivity index (χ1v) is 4.75. The molecule has 0 N–H and O–H groups in total. The zero-order valence-electron chi connectivity index (χ0n) is 5.31. The molecule has 0 aromatic carbocycles. The van der Waals surface area contributed by atoms with Crippen molar-refractivity contribution in [2.75, 3.05) is 11.2 Å². The normalized spacial score (nSPS) is 28.3. The third-order valence-electron chi connectivity index (χ3n) is 1.39. The maximum atomic E-state index is 5.29. The van der Waals surface area contributed by atoms with Crippen molar-refractivity contribution >= 4 is 22.6 Å². The van der Waals surface area contributed by atoms with Gasteiger partial charge in [0.1, 0.15) is 4.61 Å². The third kappa shape index (κ3) is 2.82. The smallest absolute Gasteiger partial charge is 0.158 e. The summed E-state index contributed by atoms with van der Waals surface area (Å²) < 4.78 is 11.3. The third-order valence-corrected chi connectivity index (χ3v) is 1.75. The molecule has 2 nitrogen and oxygen atoms in total. The van der Waals surface area contributed by atoms with Crippen LogP contribution in [0.5, 0.6) is 0 Å². The first-order chi connectivity index (χ1) is 4.43. The van der Waals surface area contributed by atoms with Gasteiger partial charge in [0.15, 0.2) is 6.29 Å². The minimum atomic E-state index is 0.0932. The lowest BCUT2D eigenvalue weighted by Gasteiger charge is -2.21. The minimum Gasteiger partial charge on any atom is -0.353 e. The Hall–Kier alpha value is 0.650. The summed E-state index contributed by atoms with van der Waals surface area (Å²) >= 11 is 2.19. The standard InChI is InChI=1S/C6H11IO2/c7-5-9-6-3-1-2-4-8-6/h6H,1-5H2. The maximum absolute atomic E-state index is 5.29. The van der Waals surface area contributed by atoms with Crippen LogP contribution in [0.15, 0.2) is 0 Å². The van der Waals surface area contributed by atoms with Gasteiger partial charge in [0, 0.05) is 6.61 Å². The molecule has 0 aliphatic carbocycles. The Morgan fingerprint density at radius 1 is 1.56 bits per heavy atom. The van der Waals surface area contributed by atoms with Gasteiger partial charge in [0.2, 0.25) is 0 Å². The second-order valence-corrected chi connectivity index (χ2v) is 2.69.